The van der Waals surface area contributed by atoms with Gasteiger partial charge in [0, 0.05) is 10.1 Å². The van der Waals surface area contributed by atoms with E-state index in [4.69, 9.17) is 4.74 Å². The van der Waals surface area contributed by atoms with Crippen molar-refractivity contribution in [1.82, 2.24) is 14.9 Å². The van der Waals surface area contributed by atoms with Gasteiger partial charge >= 0.3 is 6.09 Å². The maximum Gasteiger partial charge on any atom is 0.410 e. The van der Waals surface area contributed by atoms with Crippen molar-refractivity contribution in [2.75, 3.05) is 6.54 Å². The fourth-order valence-electron chi connectivity index (χ4n) is 3.35. The molecule has 1 atom stereocenters. The Hall–Kier alpha value is -2.35. The fraction of sp³-hybridized carbons (Fsp3) is 0.238. The molecule has 1 amide bonds. The number of imidazole rings is 1. The number of hydrogen-bond acceptors (Lipinski definition) is 3. The summed E-state index contributed by atoms with van der Waals surface area (Å²) in [5.41, 5.74) is 3.04. The van der Waals surface area contributed by atoms with Crippen LogP contribution in [-0.4, -0.2) is 27.5 Å². The average molecular weight is 473 g/mol. The summed E-state index contributed by atoms with van der Waals surface area (Å²) in [6.45, 7) is 0.979. The first-order valence-electron chi connectivity index (χ1n) is 8.99. The van der Waals surface area contributed by atoms with Gasteiger partial charge in [-0.25, -0.2) is 9.78 Å². The first-order valence-corrected chi connectivity index (χ1v) is 10.1. The summed E-state index contributed by atoms with van der Waals surface area (Å²) in [5.74, 6) is 0.817. The van der Waals surface area contributed by atoms with E-state index in [1.807, 2.05) is 36.5 Å². The third-order valence-electron chi connectivity index (χ3n) is 4.76. The van der Waals surface area contributed by atoms with Crippen molar-refractivity contribution in [3.05, 3.63) is 75.8 Å². The van der Waals surface area contributed by atoms with Gasteiger partial charge in [-0.2, -0.15) is 0 Å². The van der Waals surface area contributed by atoms with E-state index < -0.39 is 0 Å². The number of aromatic nitrogens is 2. The molecule has 2 heterocycles. The molecule has 0 radical (unpaired) electrons. The Bertz CT molecular complexity index is 909. The zero-order valence-corrected chi connectivity index (χ0v) is 16.9. The van der Waals surface area contributed by atoms with Crippen molar-refractivity contribution in [1.29, 1.82) is 0 Å². The molecule has 4 rings (SSSR count). The van der Waals surface area contributed by atoms with Gasteiger partial charge in [0.1, 0.15) is 12.4 Å². The van der Waals surface area contributed by atoms with Gasteiger partial charge in [-0.15, -0.1) is 0 Å². The summed E-state index contributed by atoms with van der Waals surface area (Å²) in [6.07, 6.45) is 3.39. The predicted octanol–water partition coefficient (Wildman–Crippen LogP) is 5.16. The summed E-state index contributed by atoms with van der Waals surface area (Å²) in [5, 5.41) is 0. The van der Waals surface area contributed by atoms with E-state index in [1.165, 1.54) is 3.57 Å². The Morgan fingerprint density at radius 2 is 1.96 bits per heavy atom. The van der Waals surface area contributed by atoms with Crippen molar-refractivity contribution >= 4 is 28.7 Å². The third-order valence-corrected chi connectivity index (χ3v) is 5.48. The molecule has 1 aromatic heterocycles. The monoisotopic (exact) mass is 473 g/mol. The molecule has 1 fully saturated rings. The molecule has 2 aromatic carbocycles. The second-order valence-electron chi connectivity index (χ2n) is 6.58. The number of likely N-dealkylation sites (tertiary alicyclic amines) is 1. The zero-order valence-electron chi connectivity index (χ0n) is 14.8. The van der Waals surface area contributed by atoms with Gasteiger partial charge in [0.05, 0.1) is 17.9 Å². The normalized spacial score (nSPS) is 16.5. The largest absolute Gasteiger partial charge is 0.445 e. The molecular formula is C21H20IN3O2. The number of hydrogen-bond donors (Lipinski definition) is 1. The van der Waals surface area contributed by atoms with Crippen molar-refractivity contribution < 1.29 is 9.53 Å². The number of amides is 1. The maximum atomic E-state index is 12.6. The summed E-state index contributed by atoms with van der Waals surface area (Å²) in [6, 6.07) is 17.9. The molecule has 0 unspecified atom stereocenters. The van der Waals surface area contributed by atoms with Crippen molar-refractivity contribution in [2.45, 2.75) is 25.5 Å². The van der Waals surface area contributed by atoms with Crippen LogP contribution >= 0.6 is 22.6 Å². The minimum absolute atomic E-state index is 0.0640. The highest BCUT2D eigenvalue weighted by Crippen LogP contribution is 2.32. The lowest BCUT2D eigenvalue weighted by molar-refractivity contribution is 0.0910. The summed E-state index contributed by atoms with van der Waals surface area (Å²) in [7, 11) is 0. The molecule has 1 N–H and O–H groups in total. The molecule has 27 heavy (non-hydrogen) atoms. The number of aromatic amines is 1. The van der Waals surface area contributed by atoms with Crippen LogP contribution in [0, 0.1) is 3.57 Å². The number of benzene rings is 2. The maximum absolute atomic E-state index is 12.6. The Morgan fingerprint density at radius 1 is 1.19 bits per heavy atom. The number of carbonyl (C=O) groups excluding carboxylic acids is 1. The minimum atomic E-state index is -0.284. The highest BCUT2D eigenvalue weighted by atomic mass is 127. The number of nitrogens with zero attached hydrogens (tertiary/aromatic N) is 2. The molecule has 0 saturated carbocycles. The van der Waals surface area contributed by atoms with E-state index in [0.717, 1.165) is 35.5 Å². The van der Waals surface area contributed by atoms with Gasteiger partial charge in [-0.1, -0.05) is 42.5 Å². The molecule has 6 heteroatoms. The highest BCUT2D eigenvalue weighted by Gasteiger charge is 2.33. The van der Waals surface area contributed by atoms with E-state index in [1.54, 1.807) is 4.90 Å². The van der Waals surface area contributed by atoms with E-state index in [-0.39, 0.29) is 18.7 Å². The molecule has 0 spiro atoms. The highest BCUT2D eigenvalue weighted by molar-refractivity contribution is 14.1. The summed E-state index contributed by atoms with van der Waals surface area (Å²) >= 11 is 2.29. The smallest absolute Gasteiger partial charge is 0.410 e. The van der Waals surface area contributed by atoms with Crippen molar-refractivity contribution in [2.24, 2.45) is 0 Å². The molecule has 138 valence electrons. The number of rotatable bonds is 4. The van der Waals surface area contributed by atoms with E-state index in [2.05, 4.69) is 56.8 Å². The van der Waals surface area contributed by atoms with E-state index in [0.29, 0.717) is 6.54 Å². The number of H-pyrrole nitrogens is 1. The van der Waals surface area contributed by atoms with E-state index in [9.17, 15) is 4.79 Å². The lowest BCUT2D eigenvalue weighted by atomic mass is 10.2. The SMILES string of the molecule is O=C(OCc1ccccc1)N1CCC[C@H]1c1ncc(-c2ccc(I)cc2)[nH]1. The first-order chi connectivity index (χ1) is 13.2. The standard InChI is InChI=1S/C21H20IN3O2/c22-17-10-8-16(9-11-17)18-13-23-20(24-18)19-7-4-12-25(19)21(26)27-14-15-5-2-1-3-6-15/h1-3,5-6,8-11,13,19H,4,7,12,14H2,(H,23,24)/t19-/m0/s1. The number of ether oxygens (including phenoxy) is 1. The Morgan fingerprint density at radius 3 is 2.74 bits per heavy atom. The molecule has 1 aliphatic rings. The molecule has 0 bridgehead atoms. The lowest BCUT2D eigenvalue weighted by Crippen LogP contribution is -2.31. The van der Waals surface area contributed by atoms with Crippen LogP contribution in [0.2, 0.25) is 0 Å². The molecule has 5 nitrogen and oxygen atoms in total. The zero-order chi connectivity index (χ0) is 18.6. The Labute approximate surface area is 171 Å². The predicted molar refractivity (Wildman–Crippen MR) is 112 cm³/mol. The molecule has 1 aliphatic heterocycles. The van der Waals surface area contributed by atoms with Crippen LogP contribution in [0.15, 0.2) is 60.8 Å². The van der Waals surface area contributed by atoms with Gasteiger partial charge in [-0.05, 0) is 58.7 Å². The van der Waals surface area contributed by atoms with Crippen LogP contribution in [0.5, 0.6) is 0 Å². The van der Waals surface area contributed by atoms with Gasteiger partial charge in [-0.3, -0.25) is 4.90 Å². The molecule has 1 saturated heterocycles. The number of halogens is 1. The quantitative estimate of drug-likeness (QED) is 0.533. The first kappa shape index (κ1) is 18.0. The molecule has 0 aliphatic carbocycles. The van der Waals surface area contributed by atoms with Gasteiger partial charge in [0.25, 0.3) is 0 Å². The minimum Gasteiger partial charge on any atom is -0.445 e. The van der Waals surface area contributed by atoms with Crippen LogP contribution in [0.3, 0.4) is 0 Å². The topological polar surface area (TPSA) is 58.2 Å². The molecular weight excluding hydrogens is 453 g/mol. The fourth-order valence-corrected chi connectivity index (χ4v) is 3.71. The van der Waals surface area contributed by atoms with Crippen LogP contribution < -0.4 is 0 Å². The van der Waals surface area contributed by atoms with Crippen molar-refractivity contribution in [3.8, 4) is 11.3 Å². The van der Waals surface area contributed by atoms with Gasteiger partial charge < -0.3 is 9.72 Å². The van der Waals surface area contributed by atoms with Crippen LogP contribution in [-0.2, 0) is 11.3 Å². The van der Waals surface area contributed by atoms with Crippen molar-refractivity contribution in [3.63, 3.8) is 0 Å². The summed E-state index contributed by atoms with van der Waals surface area (Å²) in [4.78, 5) is 22.3. The Kier molecular flexibility index (Phi) is 5.42. The summed E-state index contributed by atoms with van der Waals surface area (Å²) < 4.78 is 6.71. The molecule has 3 aromatic rings. The Balaban J connectivity index is 1.45. The van der Waals surface area contributed by atoms with Gasteiger partial charge in [0.2, 0.25) is 0 Å². The van der Waals surface area contributed by atoms with Crippen LogP contribution in [0.25, 0.3) is 11.3 Å². The van der Waals surface area contributed by atoms with Crippen LogP contribution in [0.1, 0.15) is 30.3 Å². The second kappa shape index (κ2) is 8.12. The second-order valence-corrected chi connectivity index (χ2v) is 7.83. The third kappa shape index (κ3) is 4.16. The van der Waals surface area contributed by atoms with Crippen LogP contribution in [0.4, 0.5) is 4.79 Å². The van der Waals surface area contributed by atoms with E-state index >= 15 is 0 Å². The van der Waals surface area contributed by atoms with Gasteiger partial charge in [0.15, 0.2) is 0 Å². The average Bonchev–Trinajstić information content (AvgIpc) is 3.37. The number of carbonyl (C=O) groups is 1. The lowest BCUT2D eigenvalue weighted by Gasteiger charge is -2.22. The number of nitrogens with one attached hydrogen (secondary N) is 1.